The zero-order valence-electron chi connectivity index (χ0n) is 12.9. The van der Waals surface area contributed by atoms with E-state index in [4.69, 9.17) is 13.9 Å². The lowest BCUT2D eigenvalue weighted by Gasteiger charge is -2.26. The summed E-state index contributed by atoms with van der Waals surface area (Å²) in [6, 6.07) is 9.81. The van der Waals surface area contributed by atoms with Gasteiger partial charge in [0.15, 0.2) is 0 Å². The molecule has 1 saturated heterocycles. The number of anilines is 1. The van der Waals surface area contributed by atoms with Gasteiger partial charge in [-0.3, -0.25) is 0 Å². The Balaban J connectivity index is 1.88. The SMILES string of the molecule is COC(=O)c1nc(/C=C/c2ccccc2)oc1N1CCOCC1. The fourth-order valence-corrected chi connectivity index (χ4v) is 2.34. The third-order valence-corrected chi connectivity index (χ3v) is 3.52. The second kappa shape index (κ2) is 7.11. The first-order chi connectivity index (χ1) is 11.3. The molecule has 1 fully saturated rings. The lowest BCUT2D eigenvalue weighted by molar-refractivity contribution is 0.0593. The highest BCUT2D eigenvalue weighted by atomic mass is 16.5. The maximum atomic E-state index is 11.9. The van der Waals surface area contributed by atoms with E-state index in [0.717, 1.165) is 5.56 Å². The number of esters is 1. The molecular weight excluding hydrogens is 296 g/mol. The maximum Gasteiger partial charge on any atom is 0.362 e. The van der Waals surface area contributed by atoms with Crippen molar-refractivity contribution >= 4 is 24.0 Å². The van der Waals surface area contributed by atoms with Gasteiger partial charge >= 0.3 is 5.97 Å². The number of hydrogen-bond acceptors (Lipinski definition) is 6. The van der Waals surface area contributed by atoms with Crippen LogP contribution < -0.4 is 4.90 Å². The number of benzene rings is 1. The second-order valence-electron chi connectivity index (χ2n) is 5.04. The van der Waals surface area contributed by atoms with E-state index >= 15 is 0 Å². The van der Waals surface area contributed by atoms with Crippen LogP contribution in [0.5, 0.6) is 0 Å². The van der Waals surface area contributed by atoms with Crippen molar-refractivity contribution in [1.29, 1.82) is 0 Å². The van der Waals surface area contributed by atoms with Gasteiger partial charge in [0, 0.05) is 19.2 Å². The van der Waals surface area contributed by atoms with Gasteiger partial charge in [-0.15, -0.1) is 0 Å². The minimum Gasteiger partial charge on any atom is -0.464 e. The quantitative estimate of drug-likeness (QED) is 0.808. The molecule has 6 nitrogen and oxygen atoms in total. The van der Waals surface area contributed by atoms with Crippen LogP contribution in [0.2, 0.25) is 0 Å². The Morgan fingerprint density at radius 1 is 1.22 bits per heavy atom. The van der Waals surface area contributed by atoms with Crippen molar-refractivity contribution in [2.75, 3.05) is 38.3 Å². The topological polar surface area (TPSA) is 64.8 Å². The summed E-state index contributed by atoms with van der Waals surface area (Å²) in [4.78, 5) is 18.1. The number of morpholine rings is 1. The fourth-order valence-electron chi connectivity index (χ4n) is 2.34. The van der Waals surface area contributed by atoms with Gasteiger partial charge in [-0.2, -0.15) is 0 Å². The zero-order valence-corrected chi connectivity index (χ0v) is 12.9. The number of hydrogen-bond donors (Lipinski definition) is 0. The van der Waals surface area contributed by atoms with E-state index < -0.39 is 5.97 Å². The van der Waals surface area contributed by atoms with E-state index in [2.05, 4.69) is 4.98 Å². The molecule has 3 rings (SSSR count). The van der Waals surface area contributed by atoms with Gasteiger partial charge in [0.2, 0.25) is 17.5 Å². The molecule has 0 radical (unpaired) electrons. The van der Waals surface area contributed by atoms with Crippen molar-refractivity contribution in [1.82, 2.24) is 4.98 Å². The molecule has 23 heavy (non-hydrogen) atoms. The highest BCUT2D eigenvalue weighted by molar-refractivity contribution is 5.92. The summed E-state index contributed by atoms with van der Waals surface area (Å²) >= 11 is 0. The predicted octanol–water partition coefficient (Wildman–Crippen LogP) is 2.47. The Bertz CT molecular complexity index is 688. The van der Waals surface area contributed by atoms with Crippen LogP contribution in [0.25, 0.3) is 12.2 Å². The van der Waals surface area contributed by atoms with E-state index in [0.29, 0.717) is 38.1 Å². The third kappa shape index (κ3) is 3.60. The summed E-state index contributed by atoms with van der Waals surface area (Å²) in [5.74, 6) is 0.304. The van der Waals surface area contributed by atoms with E-state index in [1.807, 2.05) is 41.3 Å². The lowest BCUT2D eigenvalue weighted by atomic mass is 10.2. The Morgan fingerprint density at radius 3 is 2.65 bits per heavy atom. The van der Waals surface area contributed by atoms with Crippen LogP contribution in [0.4, 0.5) is 5.88 Å². The molecule has 0 saturated carbocycles. The van der Waals surface area contributed by atoms with Gasteiger partial charge in [-0.05, 0) is 11.6 Å². The van der Waals surface area contributed by atoms with E-state index in [9.17, 15) is 4.79 Å². The largest absolute Gasteiger partial charge is 0.464 e. The minimum atomic E-state index is -0.505. The number of carbonyl (C=O) groups is 1. The first-order valence-corrected chi connectivity index (χ1v) is 7.43. The number of ether oxygens (including phenoxy) is 2. The van der Waals surface area contributed by atoms with E-state index in [-0.39, 0.29) is 5.69 Å². The van der Waals surface area contributed by atoms with Crippen molar-refractivity contribution in [3.8, 4) is 0 Å². The second-order valence-corrected chi connectivity index (χ2v) is 5.04. The summed E-state index contributed by atoms with van der Waals surface area (Å²) < 4.78 is 15.9. The number of rotatable bonds is 4. The molecule has 2 aromatic rings. The van der Waals surface area contributed by atoms with Gasteiger partial charge in [0.05, 0.1) is 20.3 Å². The van der Waals surface area contributed by atoms with Crippen LogP contribution in [0.1, 0.15) is 21.9 Å². The molecule has 0 atom stereocenters. The normalized spacial score (nSPS) is 15.1. The number of carbonyl (C=O) groups excluding carboxylic acids is 1. The Hall–Kier alpha value is -2.60. The van der Waals surface area contributed by atoms with Crippen LogP contribution in [0.15, 0.2) is 34.7 Å². The smallest absolute Gasteiger partial charge is 0.362 e. The van der Waals surface area contributed by atoms with Gasteiger partial charge in [0.25, 0.3) is 0 Å². The average Bonchev–Trinajstić information content (AvgIpc) is 3.05. The Labute approximate surface area is 134 Å². The molecule has 1 aromatic carbocycles. The summed E-state index contributed by atoms with van der Waals surface area (Å²) in [5, 5.41) is 0. The van der Waals surface area contributed by atoms with Gasteiger partial charge in [0.1, 0.15) is 0 Å². The zero-order chi connectivity index (χ0) is 16.1. The molecule has 1 aliphatic rings. The average molecular weight is 314 g/mol. The van der Waals surface area contributed by atoms with Gasteiger partial charge in [-0.25, -0.2) is 9.78 Å². The summed E-state index contributed by atoms with van der Waals surface area (Å²) in [6.07, 6.45) is 3.63. The van der Waals surface area contributed by atoms with Crippen molar-refractivity contribution in [2.24, 2.45) is 0 Å². The predicted molar refractivity (Wildman–Crippen MR) is 86.2 cm³/mol. The lowest BCUT2D eigenvalue weighted by Crippen LogP contribution is -2.36. The van der Waals surface area contributed by atoms with Crippen molar-refractivity contribution in [3.63, 3.8) is 0 Å². The molecule has 0 spiro atoms. The Morgan fingerprint density at radius 2 is 1.96 bits per heavy atom. The van der Waals surface area contributed by atoms with Gasteiger partial charge < -0.3 is 18.8 Å². The van der Waals surface area contributed by atoms with Crippen molar-refractivity contribution < 1.29 is 18.7 Å². The molecule has 0 aliphatic carbocycles. The number of methoxy groups -OCH3 is 1. The monoisotopic (exact) mass is 314 g/mol. The van der Waals surface area contributed by atoms with Crippen molar-refractivity contribution in [3.05, 3.63) is 47.5 Å². The molecule has 1 aromatic heterocycles. The molecule has 1 aliphatic heterocycles. The van der Waals surface area contributed by atoms with Gasteiger partial charge in [-0.1, -0.05) is 30.3 Å². The number of oxazole rings is 1. The van der Waals surface area contributed by atoms with Crippen LogP contribution in [-0.2, 0) is 9.47 Å². The first-order valence-electron chi connectivity index (χ1n) is 7.43. The Kier molecular flexibility index (Phi) is 4.73. The third-order valence-electron chi connectivity index (χ3n) is 3.52. The van der Waals surface area contributed by atoms with Crippen LogP contribution in [-0.4, -0.2) is 44.4 Å². The minimum absolute atomic E-state index is 0.196. The molecule has 0 amide bonds. The number of aromatic nitrogens is 1. The summed E-state index contributed by atoms with van der Waals surface area (Å²) in [5.41, 5.74) is 1.22. The fraction of sp³-hybridized carbons (Fsp3) is 0.294. The standard InChI is InChI=1S/C17H18N2O4/c1-21-17(20)15-16(19-9-11-22-12-10-19)23-14(18-15)8-7-13-5-3-2-4-6-13/h2-8H,9-12H2,1H3/b8-7+. The molecule has 0 N–H and O–H groups in total. The van der Waals surface area contributed by atoms with Crippen LogP contribution >= 0.6 is 0 Å². The van der Waals surface area contributed by atoms with Crippen molar-refractivity contribution in [2.45, 2.75) is 0 Å². The molecular formula is C17H18N2O4. The summed E-state index contributed by atoms with van der Waals surface area (Å²) in [7, 11) is 1.33. The highest BCUT2D eigenvalue weighted by Crippen LogP contribution is 2.25. The molecule has 6 heteroatoms. The first kappa shape index (κ1) is 15.3. The molecule has 0 bridgehead atoms. The van der Waals surface area contributed by atoms with E-state index in [1.165, 1.54) is 7.11 Å². The number of nitrogens with zero attached hydrogens (tertiary/aromatic N) is 2. The highest BCUT2D eigenvalue weighted by Gasteiger charge is 2.26. The summed E-state index contributed by atoms with van der Waals surface area (Å²) in [6.45, 7) is 2.50. The molecule has 120 valence electrons. The maximum absolute atomic E-state index is 11.9. The molecule has 0 unspecified atom stereocenters. The molecule has 2 heterocycles. The van der Waals surface area contributed by atoms with E-state index in [1.54, 1.807) is 6.08 Å². The van der Waals surface area contributed by atoms with Crippen LogP contribution in [0.3, 0.4) is 0 Å². The van der Waals surface area contributed by atoms with Crippen LogP contribution in [0, 0.1) is 0 Å².